The highest BCUT2D eigenvalue weighted by atomic mass is 16.4. The van der Waals surface area contributed by atoms with Crippen LogP contribution in [0.4, 0.5) is 5.82 Å². The highest BCUT2D eigenvalue weighted by Crippen LogP contribution is 2.17. The van der Waals surface area contributed by atoms with Crippen LogP contribution in [-0.4, -0.2) is 39.6 Å². The van der Waals surface area contributed by atoms with Crippen LogP contribution in [0.5, 0.6) is 0 Å². The summed E-state index contributed by atoms with van der Waals surface area (Å²) in [5.74, 6) is -0.182. The molecule has 0 radical (unpaired) electrons. The summed E-state index contributed by atoms with van der Waals surface area (Å²) in [5.41, 5.74) is 1.24. The number of aryl methyl sites for hydroxylation is 1. The lowest BCUT2D eigenvalue weighted by molar-refractivity contribution is -0.140. The number of aromatic amines is 1. The summed E-state index contributed by atoms with van der Waals surface area (Å²) in [4.78, 5) is 35.7. The highest BCUT2D eigenvalue weighted by Gasteiger charge is 2.14. The molecule has 0 fully saturated rings. The molecular formula is C16H20N4O3. The lowest BCUT2D eigenvalue weighted by Gasteiger charge is -2.20. The average molecular weight is 316 g/mol. The molecule has 1 unspecified atom stereocenters. The first-order chi connectivity index (χ1) is 10.9. The maximum Gasteiger partial charge on any atom is 0.308 e. The molecule has 0 saturated carbocycles. The van der Waals surface area contributed by atoms with E-state index >= 15 is 0 Å². The van der Waals surface area contributed by atoms with Gasteiger partial charge in [-0.3, -0.25) is 9.59 Å². The van der Waals surface area contributed by atoms with E-state index in [1.165, 1.54) is 6.07 Å². The molecule has 7 heteroatoms. The Hall–Kier alpha value is -2.70. The van der Waals surface area contributed by atoms with Gasteiger partial charge in [-0.2, -0.15) is 0 Å². The Labute approximate surface area is 134 Å². The fraction of sp³-hybridized carbons (Fsp3) is 0.375. The minimum Gasteiger partial charge on any atom is -0.481 e. The van der Waals surface area contributed by atoms with Gasteiger partial charge in [0.2, 0.25) is 0 Å². The van der Waals surface area contributed by atoms with E-state index in [1.807, 2.05) is 13.0 Å². The van der Waals surface area contributed by atoms with E-state index in [0.29, 0.717) is 30.2 Å². The van der Waals surface area contributed by atoms with Crippen LogP contribution in [0.25, 0.3) is 11.4 Å². The molecule has 23 heavy (non-hydrogen) atoms. The zero-order valence-electron chi connectivity index (χ0n) is 13.4. The molecule has 0 amide bonds. The number of rotatable bonds is 6. The second kappa shape index (κ2) is 7.04. The first-order valence-electron chi connectivity index (χ1n) is 7.41. The number of hydrogen-bond acceptors (Lipinski definition) is 5. The van der Waals surface area contributed by atoms with Crippen LogP contribution in [-0.2, 0) is 11.2 Å². The Morgan fingerprint density at radius 2 is 2.17 bits per heavy atom. The Kier molecular flexibility index (Phi) is 5.10. The molecule has 0 aliphatic heterocycles. The molecule has 2 N–H and O–H groups in total. The van der Waals surface area contributed by atoms with Crippen molar-refractivity contribution in [1.29, 1.82) is 0 Å². The second-order valence-electron chi connectivity index (χ2n) is 5.46. The smallest absolute Gasteiger partial charge is 0.308 e. The average Bonchev–Trinajstić information content (AvgIpc) is 2.54. The lowest BCUT2D eigenvalue weighted by Crippen LogP contribution is -2.28. The molecule has 2 aromatic heterocycles. The van der Waals surface area contributed by atoms with E-state index in [1.54, 1.807) is 31.1 Å². The van der Waals surface area contributed by atoms with Gasteiger partial charge in [0.05, 0.1) is 5.92 Å². The van der Waals surface area contributed by atoms with Crippen LogP contribution < -0.4 is 10.5 Å². The number of carboxylic acids is 1. The molecule has 0 bridgehead atoms. The molecule has 7 nitrogen and oxygen atoms in total. The first-order valence-corrected chi connectivity index (χ1v) is 7.41. The largest absolute Gasteiger partial charge is 0.481 e. The number of nitrogens with zero attached hydrogens (tertiary/aromatic N) is 3. The van der Waals surface area contributed by atoms with Gasteiger partial charge in [-0.1, -0.05) is 13.8 Å². The Morgan fingerprint density at radius 3 is 2.74 bits per heavy atom. The highest BCUT2D eigenvalue weighted by molar-refractivity contribution is 5.70. The summed E-state index contributed by atoms with van der Waals surface area (Å²) in [7, 11) is 1.79. The molecule has 2 rings (SSSR count). The molecule has 1 atom stereocenters. The zero-order chi connectivity index (χ0) is 17.0. The van der Waals surface area contributed by atoms with Gasteiger partial charge in [0.15, 0.2) is 0 Å². The van der Waals surface area contributed by atoms with Crippen molar-refractivity contribution >= 4 is 11.8 Å². The summed E-state index contributed by atoms with van der Waals surface area (Å²) < 4.78 is 0. The monoisotopic (exact) mass is 316 g/mol. The summed E-state index contributed by atoms with van der Waals surface area (Å²) in [5, 5.41) is 8.96. The van der Waals surface area contributed by atoms with Crippen molar-refractivity contribution in [2.75, 3.05) is 18.5 Å². The second-order valence-corrected chi connectivity index (χ2v) is 5.46. The van der Waals surface area contributed by atoms with Gasteiger partial charge >= 0.3 is 5.97 Å². The molecule has 0 aliphatic rings. The number of aromatic nitrogens is 3. The van der Waals surface area contributed by atoms with E-state index < -0.39 is 11.9 Å². The van der Waals surface area contributed by atoms with Crippen LogP contribution in [0.2, 0.25) is 0 Å². The minimum absolute atomic E-state index is 0.191. The van der Waals surface area contributed by atoms with E-state index in [2.05, 4.69) is 15.0 Å². The molecule has 0 spiro atoms. The first kappa shape index (κ1) is 16.7. The number of nitrogens with one attached hydrogen (secondary N) is 1. The number of H-pyrrole nitrogens is 1. The maximum atomic E-state index is 11.6. The zero-order valence-corrected chi connectivity index (χ0v) is 13.4. The van der Waals surface area contributed by atoms with Crippen molar-refractivity contribution in [2.24, 2.45) is 5.92 Å². The van der Waals surface area contributed by atoms with Gasteiger partial charge < -0.3 is 15.0 Å². The number of hydrogen-bond donors (Lipinski definition) is 2. The fourth-order valence-electron chi connectivity index (χ4n) is 2.16. The summed E-state index contributed by atoms with van der Waals surface area (Å²) in [6.45, 7) is 3.95. The fourth-order valence-corrected chi connectivity index (χ4v) is 2.16. The van der Waals surface area contributed by atoms with Crippen molar-refractivity contribution in [3.05, 3.63) is 40.4 Å². The summed E-state index contributed by atoms with van der Waals surface area (Å²) in [6, 6.07) is 5.07. The Morgan fingerprint density at radius 1 is 1.43 bits per heavy atom. The van der Waals surface area contributed by atoms with Gasteiger partial charge in [0, 0.05) is 37.1 Å². The van der Waals surface area contributed by atoms with Gasteiger partial charge in [-0.05, 0) is 18.6 Å². The van der Waals surface area contributed by atoms with Crippen LogP contribution in [0.1, 0.15) is 19.5 Å². The Bertz CT molecular complexity index is 740. The molecule has 0 aliphatic carbocycles. The lowest BCUT2D eigenvalue weighted by atomic mass is 10.2. The van der Waals surface area contributed by atoms with E-state index in [9.17, 15) is 9.59 Å². The molecule has 122 valence electrons. The SMILES string of the molecule is CCc1cc(=O)[nH]c(-c2ccc(N(C)CC(C)C(=O)O)nc2)n1. The minimum atomic E-state index is -0.841. The van der Waals surface area contributed by atoms with Gasteiger partial charge in [-0.25, -0.2) is 9.97 Å². The van der Waals surface area contributed by atoms with Gasteiger partial charge in [0.1, 0.15) is 11.6 Å². The van der Waals surface area contributed by atoms with Crippen molar-refractivity contribution in [3.63, 3.8) is 0 Å². The summed E-state index contributed by atoms with van der Waals surface area (Å²) >= 11 is 0. The predicted octanol–water partition coefficient (Wildman–Crippen LogP) is 1.55. The van der Waals surface area contributed by atoms with Crippen molar-refractivity contribution in [2.45, 2.75) is 20.3 Å². The van der Waals surface area contributed by atoms with Crippen LogP contribution >= 0.6 is 0 Å². The summed E-state index contributed by atoms with van der Waals surface area (Å²) in [6.07, 6.45) is 2.30. The normalized spacial score (nSPS) is 12.0. The molecule has 2 heterocycles. The topological polar surface area (TPSA) is 99.2 Å². The van der Waals surface area contributed by atoms with E-state index in [4.69, 9.17) is 5.11 Å². The number of carboxylic acid groups (broad SMARTS) is 1. The van der Waals surface area contributed by atoms with Crippen molar-refractivity contribution < 1.29 is 9.90 Å². The van der Waals surface area contributed by atoms with E-state index in [-0.39, 0.29) is 5.56 Å². The molecule has 0 saturated heterocycles. The van der Waals surface area contributed by atoms with Crippen molar-refractivity contribution in [3.8, 4) is 11.4 Å². The molecule has 2 aromatic rings. The van der Waals surface area contributed by atoms with Crippen LogP contribution in [0.3, 0.4) is 0 Å². The van der Waals surface area contributed by atoms with Crippen LogP contribution in [0.15, 0.2) is 29.2 Å². The third-order valence-electron chi connectivity index (χ3n) is 3.54. The van der Waals surface area contributed by atoms with Gasteiger partial charge in [-0.15, -0.1) is 0 Å². The van der Waals surface area contributed by atoms with Crippen LogP contribution in [0, 0.1) is 5.92 Å². The maximum absolute atomic E-state index is 11.6. The van der Waals surface area contributed by atoms with E-state index in [0.717, 1.165) is 5.69 Å². The van der Waals surface area contributed by atoms with Gasteiger partial charge in [0.25, 0.3) is 5.56 Å². The van der Waals surface area contributed by atoms with Crippen molar-refractivity contribution in [1.82, 2.24) is 15.0 Å². The Balaban J connectivity index is 2.21. The standard InChI is InChI=1S/C16H20N4O3/c1-4-12-7-14(21)19-15(18-12)11-5-6-13(17-8-11)20(3)9-10(2)16(22)23/h5-8,10H,4,9H2,1-3H3,(H,22,23)(H,18,19,21). The third-order valence-corrected chi connectivity index (χ3v) is 3.54. The third kappa shape index (κ3) is 4.15. The number of pyridine rings is 1. The molecule has 0 aromatic carbocycles. The number of anilines is 1. The number of carbonyl (C=O) groups is 1. The number of aliphatic carboxylic acids is 1. The predicted molar refractivity (Wildman–Crippen MR) is 87.5 cm³/mol. The quantitative estimate of drug-likeness (QED) is 0.839. The molecular weight excluding hydrogens is 296 g/mol.